The van der Waals surface area contributed by atoms with Gasteiger partial charge in [-0.25, -0.2) is 4.98 Å². The van der Waals surface area contributed by atoms with E-state index in [1.807, 2.05) is 6.92 Å². The van der Waals surface area contributed by atoms with E-state index in [2.05, 4.69) is 14.8 Å². The summed E-state index contributed by atoms with van der Waals surface area (Å²) < 4.78 is 0. The molecular formula is C12H17N3OS. The first-order valence-corrected chi connectivity index (χ1v) is 7.01. The minimum Gasteiger partial charge on any atom is -0.345 e. The molecule has 3 rings (SSSR count). The number of hydrogen-bond donors (Lipinski definition) is 0. The number of fused-ring (bicyclic) bond motifs is 1. The van der Waals surface area contributed by atoms with E-state index in [0.29, 0.717) is 6.04 Å². The van der Waals surface area contributed by atoms with Crippen molar-refractivity contribution < 1.29 is 4.79 Å². The summed E-state index contributed by atoms with van der Waals surface area (Å²) in [5.41, 5.74) is 0.869. The first-order valence-electron chi connectivity index (χ1n) is 6.19. The summed E-state index contributed by atoms with van der Waals surface area (Å²) in [4.78, 5) is 21.1. The van der Waals surface area contributed by atoms with Gasteiger partial charge in [-0.05, 0) is 26.3 Å². The summed E-state index contributed by atoms with van der Waals surface area (Å²) in [6, 6.07) is 0.702. The SMILES string of the molecule is Cc1nc(N2CCN3CCCC3C2)sc1C=O. The standard InChI is InChI=1S/C12H17N3OS/c1-9-11(8-16)17-12(13-9)15-6-5-14-4-2-3-10(14)7-15/h8,10H,2-7H2,1H3. The molecule has 0 saturated carbocycles. The molecular weight excluding hydrogens is 234 g/mol. The Hall–Kier alpha value is -0.940. The Bertz CT molecular complexity index is 431. The molecule has 2 saturated heterocycles. The zero-order chi connectivity index (χ0) is 11.8. The van der Waals surface area contributed by atoms with E-state index in [1.165, 1.54) is 30.7 Å². The number of anilines is 1. The van der Waals surface area contributed by atoms with Crippen molar-refractivity contribution in [2.75, 3.05) is 31.1 Å². The van der Waals surface area contributed by atoms with Crippen LogP contribution < -0.4 is 4.90 Å². The molecule has 0 bridgehead atoms. The predicted molar refractivity (Wildman–Crippen MR) is 69.0 cm³/mol. The molecule has 1 aromatic heterocycles. The van der Waals surface area contributed by atoms with Gasteiger partial charge in [-0.15, -0.1) is 0 Å². The highest BCUT2D eigenvalue weighted by atomic mass is 32.1. The van der Waals surface area contributed by atoms with Crippen LogP contribution in [-0.2, 0) is 0 Å². The highest BCUT2D eigenvalue weighted by Gasteiger charge is 2.31. The molecule has 2 fully saturated rings. The number of thiazole rings is 1. The largest absolute Gasteiger partial charge is 0.345 e. The highest BCUT2D eigenvalue weighted by molar-refractivity contribution is 7.17. The molecule has 1 atom stereocenters. The molecule has 0 aliphatic carbocycles. The van der Waals surface area contributed by atoms with Crippen LogP contribution in [0.5, 0.6) is 0 Å². The van der Waals surface area contributed by atoms with Crippen molar-refractivity contribution in [2.24, 2.45) is 0 Å². The third-order valence-corrected chi connectivity index (χ3v) is 4.93. The molecule has 1 aromatic rings. The Morgan fingerprint density at radius 1 is 1.41 bits per heavy atom. The Kier molecular flexibility index (Phi) is 2.88. The number of carbonyl (C=O) groups excluding carboxylic acids is 1. The Morgan fingerprint density at radius 3 is 3.06 bits per heavy atom. The predicted octanol–water partition coefficient (Wildman–Crippen LogP) is 1.55. The van der Waals surface area contributed by atoms with Crippen LogP contribution in [0.4, 0.5) is 5.13 Å². The zero-order valence-electron chi connectivity index (χ0n) is 10.1. The van der Waals surface area contributed by atoms with Gasteiger partial charge < -0.3 is 4.90 Å². The average molecular weight is 251 g/mol. The maximum absolute atomic E-state index is 10.8. The van der Waals surface area contributed by atoms with Crippen molar-refractivity contribution in [1.82, 2.24) is 9.88 Å². The van der Waals surface area contributed by atoms with Crippen molar-refractivity contribution in [2.45, 2.75) is 25.8 Å². The lowest BCUT2D eigenvalue weighted by Crippen LogP contribution is -2.50. The minimum absolute atomic E-state index is 0.702. The van der Waals surface area contributed by atoms with Crippen LogP contribution in [0.3, 0.4) is 0 Å². The second-order valence-corrected chi connectivity index (χ2v) is 5.85. The zero-order valence-corrected chi connectivity index (χ0v) is 10.9. The topological polar surface area (TPSA) is 36.4 Å². The second kappa shape index (κ2) is 4.38. The maximum Gasteiger partial charge on any atom is 0.186 e. The van der Waals surface area contributed by atoms with Crippen LogP contribution in [0, 0.1) is 6.92 Å². The number of aryl methyl sites for hydroxylation is 1. The number of aromatic nitrogens is 1. The molecule has 92 valence electrons. The van der Waals surface area contributed by atoms with E-state index in [0.717, 1.165) is 41.6 Å². The molecule has 1 unspecified atom stereocenters. The number of carbonyl (C=O) groups is 1. The Balaban J connectivity index is 1.77. The van der Waals surface area contributed by atoms with Crippen LogP contribution >= 0.6 is 11.3 Å². The van der Waals surface area contributed by atoms with Gasteiger partial charge in [0, 0.05) is 25.7 Å². The summed E-state index contributed by atoms with van der Waals surface area (Å²) >= 11 is 1.53. The number of hydrogen-bond acceptors (Lipinski definition) is 5. The molecule has 0 N–H and O–H groups in total. The molecule has 0 aromatic carbocycles. The molecule has 0 radical (unpaired) electrons. The Morgan fingerprint density at radius 2 is 2.29 bits per heavy atom. The van der Waals surface area contributed by atoms with Crippen molar-refractivity contribution in [1.29, 1.82) is 0 Å². The maximum atomic E-state index is 10.8. The fourth-order valence-corrected chi connectivity index (χ4v) is 3.72. The summed E-state index contributed by atoms with van der Waals surface area (Å²) in [5, 5.41) is 1.02. The second-order valence-electron chi connectivity index (χ2n) is 4.84. The molecule has 2 aliphatic heterocycles. The molecule has 17 heavy (non-hydrogen) atoms. The minimum atomic E-state index is 0.702. The van der Waals surface area contributed by atoms with Crippen LogP contribution in [0.15, 0.2) is 0 Å². The smallest absolute Gasteiger partial charge is 0.186 e. The van der Waals surface area contributed by atoms with Gasteiger partial charge in [-0.3, -0.25) is 9.69 Å². The fourth-order valence-electron chi connectivity index (χ4n) is 2.80. The summed E-state index contributed by atoms with van der Waals surface area (Å²) in [7, 11) is 0. The van der Waals surface area contributed by atoms with Gasteiger partial charge in [0.05, 0.1) is 10.6 Å². The van der Waals surface area contributed by atoms with E-state index in [1.54, 1.807) is 0 Å². The van der Waals surface area contributed by atoms with Crippen molar-refractivity contribution in [3.05, 3.63) is 10.6 Å². The lowest BCUT2D eigenvalue weighted by molar-refractivity contribution is 0.112. The molecule has 3 heterocycles. The quantitative estimate of drug-likeness (QED) is 0.747. The summed E-state index contributed by atoms with van der Waals surface area (Å²) in [5.74, 6) is 0. The average Bonchev–Trinajstić information content (AvgIpc) is 2.93. The highest BCUT2D eigenvalue weighted by Crippen LogP contribution is 2.29. The molecule has 5 heteroatoms. The normalized spacial score (nSPS) is 25.0. The van der Waals surface area contributed by atoms with Crippen molar-refractivity contribution in [3.8, 4) is 0 Å². The number of aldehydes is 1. The summed E-state index contributed by atoms with van der Waals surface area (Å²) in [6.45, 7) is 6.43. The monoisotopic (exact) mass is 251 g/mol. The van der Waals surface area contributed by atoms with E-state index < -0.39 is 0 Å². The molecule has 0 amide bonds. The molecule has 0 spiro atoms. The van der Waals surface area contributed by atoms with Crippen molar-refractivity contribution in [3.63, 3.8) is 0 Å². The lowest BCUT2D eigenvalue weighted by atomic mass is 10.2. The summed E-state index contributed by atoms with van der Waals surface area (Å²) in [6.07, 6.45) is 3.55. The van der Waals surface area contributed by atoms with Crippen molar-refractivity contribution >= 4 is 22.8 Å². The van der Waals surface area contributed by atoms with Gasteiger partial charge in [-0.1, -0.05) is 11.3 Å². The molecule has 4 nitrogen and oxygen atoms in total. The Labute approximate surface area is 105 Å². The van der Waals surface area contributed by atoms with Gasteiger partial charge in [0.2, 0.25) is 0 Å². The van der Waals surface area contributed by atoms with Gasteiger partial charge >= 0.3 is 0 Å². The van der Waals surface area contributed by atoms with Crippen LogP contribution in [0.2, 0.25) is 0 Å². The van der Waals surface area contributed by atoms with Crippen LogP contribution in [-0.4, -0.2) is 48.4 Å². The first kappa shape index (κ1) is 11.2. The van der Waals surface area contributed by atoms with Gasteiger partial charge in [0.25, 0.3) is 0 Å². The molecule has 2 aliphatic rings. The lowest BCUT2D eigenvalue weighted by Gasteiger charge is -2.37. The third-order valence-electron chi connectivity index (χ3n) is 3.79. The van der Waals surface area contributed by atoms with Crippen LogP contribution in [0.25, 0.3) is 0 Å². The number of nitrogens with zero attached hydrogens (tertiary/aromatic N) is 3. The third kappa shape index (κ3) is 1.98. The van der Waals surface area contributed by atoms with Gasteiger partial charge in [-0.2, -0.15) is 0 Å². The van der Waals surface area contributed by atoms with E-state index in [-0.39, 0.29) is 0 Å². The fraction of sp³-hybridized carbons (Fsp3) is 0.667. The van der Waals surface area contributed by atoms with E-state index >= 15 is 0 Å². The van der Waals surface area contributed by atoms with Crippen LogP contribution in [0.1, 0.15) is 28.2 Å². The number of rotatable bonds is 2. The van der Waals surface area contributed by atoms with Gasteiger partial charge in [0.1, 0.15) is 0 Å². The number of piperazine rings is 1. The van der Waals surface area contributed by atoms with E-state index in [4.69, 9.17) is 0 Å². The van der Waals surface area contributed by atoms with E-state index in [9.17, 15) is 4.79 Å². The van der Waals surface area contributed by atoms with Gasteiger partial charge in [0.15, 0.2) is 11.4 Å². The first-order chi connectivity index (χ1) is 8.28.